The molecule has 0 heterocycles. The molecule has 2 fully saturated rings. The topological polar surface area (TPSA) is 15.3 Å². The molecule has 1 N–H and O–H groups in total. The maximum atomic E-state index is 3.94. The van der Waals surface area contributed by atoms with Crippen LogP contribution >= 0.6 is 0 Å². The zero-order valence-electron chi connectivity index (χ0n) is 11.2. The van der Waals surface area contributed by atoms with E-state index in [1.165, 1.54) is 44.9 Å². The highest BCUT2D eigenvalue weighted by molar-refractivity contribution is 4.92. The molecule has 0 amide bonds. The van der Waals surface area contributed by atoms with Crippen molar-refractivity contribution in [2.75, 3.05) is 14.1 Å². The minimum atomic E-state index is 0.796. The van der Waals surface area contributed by atoms with E-state index in [-0.39, 0.29) is 0 Å². The molecule has 0 aliphatic heterocycles. The highest BCUT2D eigenvalue weighted by Crippen LogP contribution is 2.35. The number of nitrogens with one attached hydrogen (secondary N) is 1. The lowest BCUT2D eigenvalue weighted by molar-refractivity contribution is 0.287. The lowest BCUT2D eigenvalue weighted by atomic mass is 10.1. The monoisotopic (exact) mass is 224 g/mol. The van der Waals surface area contributed by atoms with E-state index in [1.807, 2.05) is 0 Å². The van der Waals surface area contributed by atoms with Crippen LogP contribution < -0.4 is 5.32 Å². The maximum Gasteiger partial charge on any atom is 0.0105 e. The number of hydrogen-bond acceptors (Lipinski definition) is 2. The van der Waals surface area contributed by atoms with Gasteiger partial charge in [-0.15, -0.1) is 0 Å². The Balaban J connectivity index is 1.76. The van der Waals surface area contributed by atoms with Crippen molar-refractivity contribution in [3.8, 4) is 0 Å². The molecule has 0 bridgehead atoms. The van der Waals surface area contributed by atoms with Gasteiger partial charge in [0.1, 0.15) is 0 Å². The smallest absolute Gasteiger partial charge is 0.0105 e. The van der Waals surface area contributed by atoms with Crippen molar-refractivity contribution >= 4 is 0 Å². The summed E-state index contributed by atoms with van der Waals surface area (Å²) in [6.45, 7) is 2.31. The van der Waals surface area contributed by atoms with Gasteiger partial charge >= 0.3 is 0 Å². The zero-order chi connectivity index (χ0) is 11.5. The van der Waals surface area contributed by atoms with Crippen LogP contribution in [0.4, 0.5) is 0 Å². The first-order chi connectivity index (χ1) is 7.70. The molecule has 0 radical (unpaired) electrons. The van der Waals surface area contributed by atoms with Crippen molar-refractivity contribution in [1.82, 2.24) is 10.2 Å². The van der Waals surface area contributed by atoms with Gasteiger partial charge in [-0.2, -0.15) is 0 Å². The number of rotatable bonds is 6. The predicted molar refractivity (Wildman–Crippen MR) is 69.7 cm³/mol. The summed E-state index contributed by atoms with van der Waals surface area (Å²) >= 11 is 0. The van der Waals surface area contributed by atoms with Crippen LogP contribution in [0.15, 0.2) is 0 Å². The van der Waals surface area contributed by atoms with Crippen molar-refractivity contribution in [3.05, 3.63) is 0 Å². The molecule has 94 valence electrons. The van der Waals surface area contributed by atoms with Gasteiger partial charge in [0.25, 0.3) is 0 Å². The van der Waals surface area contributed by atoms with Gasteiger partial charge in [-0.25, -0.2) is 0 Å². The Labute approximate surface area is 101 Å². The van der Waals surface area contributed by atoms with Gasteiger partial charge in [0.15, 0.2) is 0 Å². The summed E-state index contributed by atoms with van der Waals surface area (Å²) in [5.74, 6) is 1.01. The van der Waals surface area contributed by atoms with Crippen LogP contribution in [0.25, 0.3) is 0 Å². The van der Waals surface area contributed by atoms with E-state index in [4.69, 9.17) is 0 Å². The fraction of sp³-hybridized carbons (Fsp3) is 1.00. The van der Waals surface area contributed by atoms with Gasteiger partial charge in [-0.1, -0.05) is 13.3 Å². The van der Waals surface area contributed by atoms with E-state index in [0.717, 1.165) is 24.0 Å². The van der Waals surface area contributed by atoms with Crippen LogP contribution in [0.5, 0.6) is 0 Å². The van der Waals surface area contributed by atoms with E-state index < -0.39 is 0 Å². The molecule has 2 heteroatoms. The molecular formula is C14H28N2. The van der Waals surface area contributed by atoms with E-state index >= 15 is 0 Å². The summed E-state index contributed by atoms with van der Waals surface area (Å²) in [5, 5.41) is 3.94. The first-order valence-corrected chi connectivity index (χ1v) is 7.13. The molecule has 2 saturated carbocycles. The van der Waals surface area contributed by atoms with Gasteiger partial charge in [0, 0.05) is 18.1 Å². The van der Waals surface area contributed by atoms with Gasteiger partial charge in [0.05, 0.1) is 0 Å². The van der Waals surface area contributed by atoms with Crippen molar-refractivity contribution < 1.29 is 0 Å². The Morgan fingerprint density at radius 1 is 1.19 bits per heavy atom. The van der Waals surface area contributed by atoms with Crippen molar-refractivity contribution in [1.29, 1.82) is 0 Å². The standard InChI is InChI=1S/C14H28N2/c1-4-5-14(11-6-7-11)15-12-8-9-13(10-12)16(2)3/h11-15H,4-10H2,1-3H3. The molecule has 2 nitrogen and oxygen atoms in total. The lowest BCUT2D eigenvalue weighted by Crippen LogP contribution is -2.39. The van der Waals surface area contributed by atoms with Crippen molar-refractivity contribution in [2.24, 2.45) is 5.92 Å². The third kappa shape index (κ3) is 3.21. The highest BCUT2D eigenvalue weighted by Gasteiger charge is 2.34. The molecule has 0 saturated heterocycles. The Morgan fingerprint density at radius 2 is 1.94 bits per heavy atom. The van der Waals surface area contributed by atoms with Crippen molar-refractivity contribution in [2.45, 2.75) is 70.0 Å². The summed E-state index contributed by atoms with van der Waals surface area (Å²) in [7, 11) is 4.44. The van der Waals surface area contributed by atoms with Crippen LogP contribution in [0.2, 0.25) is 0 Å². The maximum absolute atomic E-state index is 3.94. The molecular weight excluding hydrogens is 196 g/mol. The summed E-state index contributed by atoms with van der Waals surface area (Å²) in [6.07, 6.45) is 9.79. The van der Waals surface area contributed by atoms with Crippen LogP contribution in [0.1, 0.15) is 51.9 Å². The van der Waals surface area contributed by atoms with Crippen LogP contribution in [0, 0.1) is 5.92 Å². The van der Waals surface area contributed by atoms with Crippen molar-refractivity contribution in [3.63, 3.8) is 0 Å². The predicted octanol–water partition coefficient (Wildman–Crippen LogP) is 2.64. The Bertz CT molecular complexity index is 211. The highest BCUT2D eigenvalue weighted by atomic mass is 15.1. The van der Waals surface area contributed by atoms with Gasteiger partial charge in [-0.3, -0.25) is 0 Å². The van der Waals surface area contributed by atoms with E-state index in [1.54, 1.807) is 0 Å². The van der Waals surface area contributed by atoms with Gasteiger partial charge in [0.2, 0.25) is 0 Å². The lowest BCUT2D eigenvalue weighted by Gasteiger charge is -2.24. The molecule has 0 aromatic rings. The molecule has 2 aliphatic rings. The van der Waals surface area contributed by atoms with Gasteiger partial charge in [-0.05, 0) is 58.5 Å². The fourth-order valence-corrected chi connectivity index (χ4v) is 3.15. The second-order valence-electron chi connectivity index (χ2n) is 6.03. The summed E-state index contributed by atoms with van der Waals surface area (Å²) in [5.41, 5.74) is 0. The summed E-state index contributed by atoms with van der Waals surface area (Å²) in [4.78, 5) is 2.40. The second kappa shape index (κ2) is 5.50. The van der Waals surface area contributed by atoms with E-state index in [9.17, 15) is 0 Å². The Morgan fingerprint density at radius 3 is 2.44 bits per heavy atom. The minimum absolute atomic E-state index is 0.796. The molecule has 16 heavy (non-hydrogen) atoms. The third-order valence-electron chi connectivity index (χ3n) is 4.38. The molecule has 2 aliphatic carbocycles. The molecule has 0 aromatic carbocycles. The minimum Gasteiger partial charge on any atom is -0.311 e. The normalized spacial score (nSPS) is 32.2. The second-order valence-corrected chi connectivity index (χ2v) is 6.03. The van der Waals surface area contributed by atoms with Gasteiger partial charge < -0.3 is 10.2 Å². The Kier molecular flexibility index (Phi) is 4.26. The Hall–Kier alpha value is -0.0800. The average molecular weight is 224 g/mol. The van der Waals surface area contributed by atoms with Crippen LogP contribution in [-0.2, 0) is 0 Å². The molecule has 0 aromatic heterocycles. The van der Waals surface area contributed by atoms with E-state index in [0.29, 0.717) is 0 Å². The molecule has 0 spiro atoms. The first kappa shape index (κ1) is 12.4. The number of nitrogens with zero attached hydrogens (tertiary/aromatic N) is 1. The van der Waals surface area contributed by atoms with Crippen LogP contribution in [-0.4, -0.2) is 37.1 Å². The SMILES string of the molecule is CCCC(NC1CCC(N(C)C)C1)C1CC1. The molecule has 3 atom stereocenters. The average Bonchev–Trinajstić information content (AvgIpc) is 2.98. The largest absolute Gasteiger partial charge is 0.311 e. The fourth-order valence-electron chi connectivity index (χ4n) is 3.15. The molecule has 3 unspecified atom stereocenters. The number of hydrogen-bond donors (Lipinski definition) is 1. The molecule has 2 rings (SSSR count). The van der Waals surface area contributed by atoms with E-state index in [2.05, 4.69) is 31.2 Å². The quantitative estimate of drug-likeness (QED) is 0.746. The first-order valence-electron chi connectivity index (χ1n) is 7.13. The zero-order valence-corrected chi connectivity index (χ0v) is 11.2. The van der Waals surface area contributed by atoms with Crippen LogP contribution in [0.3, 0.4) is 0 Å². The third-order valence-corrected chi connectivity index (χ3v) is 4.38. The summed E-state index contributed by atoms with van der Waals surface area (Å²) < 4.78 is 0. The summed E-state index contributed by atoms with van der Waals surface area (Å²) in [6, 6.07) is 2.44.